The van der Waals surface area contributed by atoms with Crippen molar-refractivity contribution in [3.8, 4) is 0 Å². The first-order valence-electron chi connectivity index (χ1n) is 6.52. The Balaban J connectivity index is 2.63. The molecule has 6 nitrogen and oxygen atoms in total. The van der Waals surface area contributed by atoms with E-state index < -0.39 is 15.6 Å². The molecule has 2 N–H and O–H groups in total. The van der Waals surface area contributed by atoms with Gasteiger partial charge in [0.25, 0.3) is 0 Å². The van der Waals surface area contributed by atoms with Crippen LogP contribution >= 0.6 is 0 Å². The summed E-state index contributed by atoms with van der Waals surface area (Å²) in [6.45, 7) is 9.92. The first-order chi connectivity index (χ1) is 8.74. The molecule has 0 amide bonds. The van der Waals surface area contributed by atoms with E-state index in [0.717, 1.165) is 19.5 Å². The molecule has 0 fully saturated rings. The monoisotopic (exact) mass is 288 g/mol. The number of nitrogens with one attached hydrogen (secondary N) is 2. The zero-order valence-corrected chi connectivity index (χ0v) is 12.9. The minimum absolute atomic E-state index is 0.206. The van der Waals surface area contributed by atoms with Crippen molar-refractivity contribution in [1.82, 2.24) is 19.8 Å². The Hall–Kier alpha value is -0.920. The van der Waals surface area contributed by atoms with Gasteiger partial charge in [-0.15, -0.1) is 0 Å². The van der Waals surface area contributed by atoms with Crippen LogP contribution in [0.3, 0.4) is 0 Å². The molecule has 1 aromatic heterocycles. The van der Waals surface area contributed by atoms with Crippen LogP contribution in [0.25, 0.3) is 0 Å². The van der Waals surface area contributed by atoms with Gasteiger partial charge in [0.05, 0.1) is 12.7 Å². The van der Waals surface area contributed by atoms with Gasteiger partial charge in [-0.1, -0.05) is 6.92 Å². The summed E-state index contributed by atoms with van der Waals surface area (Å²) in [4.78, 5) is 0.206. The lowest BCUT2D eigenvalue weighted by Gasteiger charge is -2.19. The van der Waals surface area contributed by atoms with Crippen LogP contribution in [0.1, 0.15) is 34.1 Å². The van der Waals surface area contributed by atoms with Gasteiger partial charge in [0, 0.05) is 18.3 Å². The van der Waals surface area contributed by atoms with Gasteiger partial charge >= 0.3 is 0 Å². The van der Waals surface area contributed by atoms with Crippen LogP contribution in [-0.2, 0) is 16.6 Å². The largest absolute Gasteiger partial charge is 0.315 e. The van der Waals surface area contributed by atoms with E-state index in [4.69, 9.17) is 0 Å². The van der Waals surface area contributed by atoms with Gasteiger partial charge in [-0.3, -0.25) is 4.68 Å². The van der Waals surface area contributed by atoms with Crippen molar-refractivity contribution in [2.45, 2.75) is 51.1 Å². The summed E-state index contributed by atoms with van der Waals surface area (Å²) in [5.41, 5.74) is -0.496. The summed E-state index contributed by atoms with van der Waals surface area (Å²) < 4.78 is 28.4. The van der Waals surface area contributed by atoms with Crippen LogP contribution in [0.5, 0.6) is 0 Å². The summed E-state index contributed by atoms with van der Waals surface area (Å²) in [6, 6.07) is 0. The SMILES string of the molecule is CCCNCCn1cc(S(=O)(=O)NC(C)(C)C)cn1. The predicted octanol–water partition coefficient (Wildman–Crippen LogP) is 0.960. The molecule has 0 spiro atoms. The fraction of sp³-hybridized carbons (Fsp3) is 0.750. The zero-order valence-electron chi connectivity index (χ0n) is 12.1. The first kappa shape index (κ1) is 16.1. The fourth-order valence-corrected chi connectivity index (χ4v) is 2.93. The van der Waals surface area contributed by atoms with Gasteiger partial charge in [0.2, 0.25) is 10.0 Å². The second-order valence-electron chi connectivity index (χ2n) is 5.54. The van der Waals surface area contributed by atoms with E-state index in [9.17, 15) is 8.42 Å². The average molecular weight is 288 g/mol. The highest BCUT2D eigenvalue weighted by atomic mass is 32.2. The Kier molecular flexibility index (Phi) is 5.51. The van der Waals surface area contributed by atoms with Gasteiger partial charge in [-0.05, 0) is 33.7 Å². The van der Waals surface area contributed by atoms with Crippen molar-refractivity contribution in [3.05, 3.63) is 12.4 Å². The van der Waals surface area contributed by atoms with Crippen LogP contribution < -0.4 is 10.0 Å². The third kappa shape index (κ3) is 5.71. The second-order valence-corrected chi connectivity index (χ2v) is 7.23. The molecular weight excluding hydrogens is 264 g/mol. The van der Waals surface area contributed by atoms with Crippen LogP contribution in [0.4, 0.5) is 0 Å². The first-order valence-corrected chi connectivity index (χ1v) is 8.00. The summed E-state index contributed by atoms with van der Waals surface area (Å²) in [5, 5.41) is 7.31. The fourth-order valence-electron chi connectivity index (χ4n) is 1.56. The predicted molar refractivity (Wildman–Crippen MR) is 75.5 cm³/mol. The highest BCUT2D eigenvalue weighted by Gasteiger charge is 2.23. The Labute approximate surface area is 115 Å². The molecule has 0 bridgehead atoms. The molecule has 0 saturated carbocycles. The molecule has 0 radical (unpaired) electrons. The minimum Gasteiger partial charge on any atom is -0.315 e. The maximum Gasteiger partial charge on any atom is 0.244 e. The van der Waals surface area contributed by atoms with Gasteiger partial charge in [0.15, 0.2) is 0 Å². The molecule has 7 heteroatoms. The van der Waals surface area contributed by atoms with Crippen molar-refractivity contribution < 1.29 is 8.42 Å². The summed E-state index contributed by atoms with van der Waals surface area (Å²) in [7, 11) is -3.49. The van der Waals surface area contributed by atoms with Gasteiger partial charge in [0.1, 0.15) is 4.90 Å². The third-order valence-electron chi connectivity index (χ3n) is 2.30. The van der Waals surface area contributed by atoms with E-state index in [-0.39, 0.29) is 4.90 Å². The number of hydrogen-bond donors (Lipinski definition) is 2. The van der Waals surface area contributed by atoms with Crippen LogP contribution in [-0.4, -0.2) is 36.8 Å². The van der Waals surface area contributed by atoms with Crippen molar-refractivity contribution in [3.63, 3.8) is 0 Å². The Morgan fingerprint density at radius 2 is 2.00 bits per heavy atom. The van der Waals surface area contributed by atoms with Crippen LogP contribution in [0.15, 0.2) is 17.3 Å². The highest BCUT2D eigenvalue weighted by molar-refractivity contribution is 7.89. The Morgan fingerprint density at radius 3 is 2.58 bits per heavy atom. The molecular formula is C12H24N4O2S. The van der Waals surface area contributed by atoms with Gasteiger partial charge in [-0.25, -0.2) is 13.1 Å². The molecule has 0 atom stereocenters. The van der Waals surface area contributed by atoms with E-state index >= 15 is 0 Å². The maximum atomic E-state index is 12.1. The molecule has 110 valence electrons. The van der Waals surface area contributed by atoms with Crippen LogP contribution in [0, 0.1) is 0 Å². The van der Waals surface area contributed by atoms with Gasteiger partial charge in [-0.2, -0.15) is 5.10 Å². The molecule has 0 aliphatic rings. The molecule has 0 aromatic carbocycles. The summed E-state index contributed by atoms with van der Waals surface area (Å²) >= 11 is 0. The van der Waals surface area contributed by atoms with E-state index in [1.807, 2.05) is 20.8 Å². The van der Waals surface area contributed by atoms with Crippen LogP contribution in [0.2, 0.25) is 0 Å². The number of nitrogens with zero attached hydrogens (tertiary/aromatic N) is 2. The van der Waals surface area contributed by atoms with E-state index in [2.05, 4.69) is 22.1 Å². The molecule has 0 unspecified atom stereocenters. The third-order valence-corrected chi connectivity index (χ3v) is 4.02. The zero-order chi connectivity index (χ0) is 14.5. The molecule has 1 heterocycles. The van der Waals surface area contributed by atoms with Crippen molar-refractivity contribution in [1.29, 1.82) is 0 Å². The lowest BCUT2D eigenvalue weighted by atomic mass is 10.1. The lowest BCUT2D eigenvalue weighted by Crippen LogP contribution is -2.40. The minimum atomic E-state index is -3.49. The van der Waals surface area contributed by atoms with Crippen molar-refractivity contribution in [2.24, 2.45) is 0 Å². The second kappa shape index (κ2) is 6.49. The van der Waals surface area contributed by atoms with E-state index in [1.54, 1.807) is 10.9 Å². The molecule has 0 aliphatic carbocycles. The average Bonchev–Trinajstić information content (AvgIpc) is 2.70. The maximum absolute atomic E-state index is 12.1. The normalized spacial score (nSPS) is 12.8. The highest BCUT2D eigenvalue weighted by Crippen LogP contribution is 2.11. The molecule has 0 aliphatic heterocycles. The van der Waals surface area contributed by atoms with E-state index in [1.165, 1.54) is 6.20 Å². The Bertz CT molecular complexity index is 488. The standard InChI is InChI=1S/C12H24N4O2S/c1-5-6-13-7-8-16-10-11(9-14-16)19(17,18)15-12(2,3)4/h9-10,13,15H,5-8H2,1-4H3. The number of aromatic nitrogens is 2. The quantitative estimate of drug-likeness (QED) is 0.733. The smallest absolute Gasteiger partial charge is 0.244 e. The number of hydrogen-bond acceptors (Lipinski definition) is 4. The number of rotatable bonds is 7. The van der Waals surface area contributed by atoms with Gasteiger partial charge < -0.3 is 5.32 Å². The molecule has 0 saturated heterocycles. The topological polar surface area (TPSA) is 76.0 Å². The lowest BCUT2D eigenvalue weighted by molar-refractivity contribution is 0.491. The number of sulfonamides is 1. The van der Waals surface area contributed by atoms with Crippen molar-refractivity contribution >= 4 is 10.0 Å². The summed E-state index contributed by atoms with van der Waals surface area (Å²) in [6.07, 6.45) is 4.02. The molecule has 1 aromatic rings. The van der Waals surface area contributed by atoms with Crippen molar-refractivity contribution in [2.75, 3.05) is 13.1 Å². The Morgan fingerprint density at radius 1 is 1.32 bits per heavy atom. The van der Waals surface area contributed by atoms with E-state index in [0.29, 0.717) is 6.54 Å². The summed E-state index contributed by atoms with van der Waals surface area (Å²) in [5.74, 6) is 0. The molecule has 19 heavy (non-hydrogen) atoms. The molecule has 1 rings (SSSR count).